The number of carboxylic acid groups (broad SMARTS) is 1. The molecule has 0 saturated carbocycles. The standard InChI is InChI=1S/C14H20O4/c1-4-14(2,3)18-9-12(15)10-5-7-11(8-6-10)13(16)17/h5-8,12,15H,4,9H2,1-3H3,(H,16,17). The molecule has 0 aliphatic carbocycles. The minimum Gasteiger partial charge on any atom is -0.478 e. The highest BCUT2D eigenvalue weighted by Gasteiger charge is 2.18. The van der Waals surface area contributed by atoms with Crippen molar-refractivity contribution in [3.8, 4) is 0 Å². The van der Waals surface area contributed by atoms with Crippen LogP contribution in [0.15, 0.2) is 24.3 Å². The smallest absolute Gasteiger partial charge is 0.335 e. The molecule has 1 unspecified atom stereocenters. The molecule has 1 aromatic carbocycles. The van der Waals surface area contributed by atoms with Gasteiger partial charge in [0.1, 0.15) is 6.10 Å². The Morgan fingerprint density at radius 1 is 1.33 bits per heavy atom. The van der Waals surface area contributed by atoms with Crippen LogP contribution in [0.5, 0.6) is 0 Å². The summed E-state index contributed by atoms with van der Waals surface area (Å²) < 4.78 is 5.61. The van der Waals surface area contributed by atoms with Crippen LogP contribution in [-0.2, 0) is 4.74 Å². The average molecular weight is 252 g/mol. The van der Waals surface area contributed by atoms with Crippen molar-refractivity contribution in [2.24, 2.45) is 0 Å². The lowest BCUT2D eigenvalue weighted by Gasteiger charge is -2.25. The Morgan fingerprint density at radius 2 is 1.89 bits per heavy atom. The number of benzene rings is 1. The monoisotopic (exact) mass is 252 g/mol. The zero-order chi connectivity index (χ0) is 13.8. The second-order valence-corrected chi connectivity index (χ2v) is 4.87. The van der Waals surface area contributed by atoms with Crippen LogP contribution in [-0.4, -0.2) is 28.4 Å². The third-order valence-corrected chi connectivity index (χ3v) is 3.03. The van der Waals surface area contributed by atoms with Gasteiger partial charge in [-0.15, -0.1) is 0 Å². The second kappa shape index (κ2) is 5.98. The van der Waals surface area contributed by atoms with Gasteiger partial charge >= 0.3 is 5.97 Å². The molecule has 1 aromatic rings. The second-order valence-electron chi connectivity index (χ2n) is 4.87. The largest absolute Gasteiger partial charge is 0.478 e. The first kappa shape index (κ1) is 14.7. The van der Waals surface area contributed by atoms with Gasteiger partial charge in [-0.05, 0) is 38.0 Å². The van der Waals surface area contributed by atoms with Crippen LogP contribution in [0.2, 0.25) is 0 Å². The zero-order valence-electron chi connectivity index (χ0n) is 11.0. The Labute approximate surface area is 107 Å². The van der Waals surface area contributed by atoms with Crippen molar-refractivity contribution >= 4 is 5.97 Å². The molecule has 0 heterocycles. The molecule has 0 aliphatic heterocycles. The first-order chi connectivity index (χ1) is 8.35. The maximum Gasteiger partial charge on any atom is 0.335 e. The predicted molar refractivity (Wildman–Crippen MR) is 68.7 cm³/mol. The van der Waals surface area contributed by atoms with Crippen LogP contribution >= 0.6 is 0 Å². The lowest BCUT2D eigenvalue weighted by atomic mass is 10.1. The number of carbonyl (C=O) groups is 1. The van der Waals surface area contributed by atoms with Crippen molar-refractivity contribution in [1.82, 2.24) is 0 Å². The summed E-state index contributed by atoms with van der Waals surface area (Å²) in [5.74, 6) is -0.973. The van der Waals surface area contributed by atoms with E-state index in [2.05, 4.69) is 0 Å². The molecule has 1 rings (SSSR count). The summed E-state index contributed by atoms with van der Waals surface area (Å²) in [6, 6.07) is 6.17. The molecule has 0 radical (unpaired) electrons. The molecule has 0 spiro atoms. The quantitative estimate of drug-likeness (QED) is 0.816. The first-order valence-corrected chi connectivity index (χ1v) is 6.01. The number of carboxylic acids is 1. The number of aliphatic hydroxyl groups excluding tert-OH is 1. The van der Waals surface area contributed by atoms with Crippen molar-refractivity contribution in [2.75, 3.05) is 6.61 Å². The van der Waals surface area contributed by atoms with Crippen LogP contribution in [0.1, 0.15) is 49.2 Å². The molecule has 0 aliphatic rings. The minimum atomic E-state index is -0.973. The SMILES string of the molecule is CCC(C)(C)OCC(O)c1ccc(C(=O)O)cc1. The van der Waals surface area contributed by atoms with Gasteiger partial charge in [0.25, 0.3) is 0 Å². The predicted octanol–water partition coefficient (Wildman–Crippen LogP) is 2.62. The van der Waals surface area contributed by atoms with Crippen molar-refractivity contribution < 1.29 is 19.7 Å². The molecular formula is C14H20O4. The van der Waals surface area contributed by atoms with E-state index in [0.717, 1.165) is 6.42 Å². The summed E-state index contributed by atoms with van der Waals surface area (Å²) in [6.07, 6.45) is 0.121. The van der Waals surface area contributed by atoms with E-state index in [1.165, 1.54) is 12.1 Å². The summed E-state index contributed by atoms with van der Waals surface area (Å²) in [5, 5.41) is 18.7. The first-order valence-electron chi connectivity index (χ1n) is 6.01. The Kier molecular flexibility index (Phi) is 4.87. The fraction of sp³-hybridized carbons (Fsp3) is 0.500. The zero-order valence-corrected chi connectivity index (χ0v) is 11.0. The van der Waals surface area contributed by atoms with Gasteiger partial charge in [0, 0.05) is 0 Å². The van der Waals surface area contributed by atoms with Gasteiger partial charge in [-0.25, -0.2) is 4.79 Å². The van der Waals surface area contributed by atoms with E-state index in [1.54, 1.807) is 12.1 Å². The number of hydrogen-bond acceptors (Lipinski definition) is 3. The van der Waals surface area contributed by atoms with Crippen LogP contribution in [0.3, 0.4) is 0 Å². The lowest BCUT2D eigenvalue weighted by Crippen LogP contribution is -2.25. The molecule has 1 atom stereocenters. The third kappa shape index (κ3) is 4.13. The van der Waals surface area contributed by atoms with Gasteiger partial charge in [-0.2, -0.15) is 0 Å². The minimum absolute atomic E-state index is 0.202. The molecule has 2 N–H and O–H groups in total. The molecular weight excluding hydrogens is 232 g/mol. The van der Waals surface area contributed by atoms with Gasteiger partial charge in [-0.1, -0.05) is 19.1 Å². The van der Waals surface area contributed by atoms with Crippen LogP contribution in [0, 0.1) is 0 Å². The number of ether oxygens (including phenoxy) is 1. The van der Waals surface area contributed by atoms with Crippen molar-refractivity contribution in [2.45, 2.75) is 38.9 Å². The fourth-order valence-corrected chi connectivity index (χ4v) is 1.35. The van der Waals surface area contributed by atoms with E-state index in [0.29, 0.717) is 5.56 Å². The Morgan fingerprint density at radius 3 is 2.33 bits per heavy atom. The van der Waals surface area contributed by atoms with Crippen LogP contribution in [0.25, 0.3) is 0 Å². The van der Waals surface area contributed by atoms with E-state index in [-0.39, 0.29) is 17.8 Å². The maximum absolute atomic E-state index is 10.7. The van der Waals surface area contributed by atoms with E-state index >= 15 is 0 Å². The number of hydrogen-bond donors (Lipinski definition) is 2. The molecule has 0 fully saturated rings. The number of aliphatic hydroxyl groups is 1. The summed E-state index contributed by atoms with van der Waals surface area (Å²) in [7, 11) is 0. The normalized spacial score (nSPS) is 13.3. The molecule has 18 heavy (non-hydrogen) atoms. The highest BCUT2D eigenvalue weighted by Crippen LogP contribution is 2.19. The van der Waals surface area contributed by atoms with E-state index in [4.69, 9.17) is 9.84 Å². The van der Waals surface area contributed by atoms with Gasteiger partial charge in [-0.3, -0.25) is 0 Å². The Balaban J connectivity index is 2.62. The fourth-order valence-electron chi connectivity index (χ4n) is 1.35. The molecule has 0 aromatic heterocycles. The van der Waals surface area contributed by atoms with Gasteiger partial charge in [0.05, 0.1) is 17.8 Å². The lowest BCUT2D eigenvalue weighted by molar-refractivity contribution is -0.0618. The topological polar surface area (TPSA) is 66.8 Å². The van der Waals surface area contributed by atoms with Crippen LogP contribution < -0.4 is 0 Å². The summed E-state index contributed by atoms with van der Waals surface area (Å²) in [6.45, 7) is 6.15. The third-order valence-electron chi connectivity index (χ3n) is 3.03. The molecule has 4 heteroatoms. The van der Waals surface area contributed by atoms with Gasteiger partial charge < -0.3 is 14.9 Å². The highest BCUT2D eigenvalue weighted by atomic mass is 16.5. The van der Waals surface area contributed by atoms with E-state index in [9.17, 15) is 9.90 Å². The highest BCUT2D eigenvalue weighted by molar-refractivity contribution is 5.87. The van der Waals surface area contributed by atoms with E-state index in [1.807, 2.05) is 20.8 Å². The molecule has 100 valence electrons. The van der Waals surface area contributed by atoms with E-state index < -0.39 is 12.1 Å². The molecule has 0 bridgehead atoms. The number of rotatable bonds is 6. The summed E-state index contributed by atoms with van der Waals surface area (Å²) >= 11 is 0. The Hall–Kier alpha value is -1.39. The molecule has 0 amide bonds. The Bertz CT molecular complexity index is 395. The van der Waals surface area contributed by atoms with Crippen LogP contribution in [0.4, 0.5) is 0 Å². The number of aromatic carboxylic acids is 1. The van der Waals surface area contributed by atoms with Crippen molar-refractivity contribution in [3.63, 3.8) is 0 Å². The van der Waals surface area contributed by atoms with Gasteiger partial charge in [0.2, 0.25) is 0 Å². The maximum atomic E-state index is 10.7. The van der Waals surface area contributed by atoms with Crippen molar-refractivity contribution in [3.05, 3.63) is 35.4 Å². The average Bonchev–Trinajstić information content (AvgIpc) is 2.36. The summed E-state index contributed by atoms with van der Waals surface area (Å²) in [4.78, 5) is 10.7. The summed E-state index contributed by atoms with van der Waals surface area (Å²) in [5.41, 5.74) is 0.606. The van der Waals surface area contributed by atoms with Crippen molar-refractivity contribution in [1.29, 1.82) is 0 Å². The van der Waals surface area contributed by atoms with Gasteiger partial charge in [0.15, 0.2) is 0 Å². The molecule has 4 nitrogen and oxygen atoms in total. The molecule has 0 saturated heterocycles.